The SMILES string of the molecule is COc1ccc(N2CCN(c3nc(C)nc4sccc34)C(C)C2)cc1. The van der Waals surface area contributed by atoms with Gasteiger partial charge in [-0.15, -0.1) is 11.3 Å². The molecule has 0 radical (unpaired) electrons. The van der Waals surface area contributed by atoms with Crippen molar-refractivity contribution < 1.29 is 4.74 Å². The summed E-state index contributed by atoms with van der Waals surface area (Å²) < 4.78 is 5.26. The van der Waals surface area contributed by atoms with Gasteiger partial charge in [0.05, 0.1) is 12.5 Å². The lowest BCUT2D eigenvalue weighted by Gasteiger charge is -2.42. The van der Waals surface area contributed by atoms with Gasteiger partial charge in [0.25, 0.3) is 0 Å². The van der Waals surface area contributed by atoms with Gasteiger partial charge in [-0.3, -0.25) is 0 Å². The van der Waals surface area contributed by atoms with Crippen LogP contribution >= 0.6 is 11.3 Å². The molecule has 0 amide bonds. The first kappa shape index (κ1) is 16.1. The zero-order valence-electron chi connectivity index (χ0n) is 14.8. The summed E-state index contributed by atoms with van der Waals surface area (Å²) in [7, 11) is 1.70. The summed E-state index contributed by atoms with van der Waals surface area (Å²) in [5, 5.41) is 3.26. The third kappa shape index (κ3) is 3.02. The van der Waals surface area contributed by atoms with Crippen molar-refractivity contribution in [1.82, 2.24) is 9.97 Å². The summed E-state index contributed by atoms with van der Waals surface area (Å²) in [6, 6.07) is 10.8. The third-order valence-corrected chi connectivity index (χ3v) is 5.56. The van der Waals surface area contributed by atoms with Gasteiger partial charge in [-0.25, -0.2) is 9.97 Å². The van der Waals surface area contributed by atoms with Crippen molar-refractivity contribution in [3.8, 4) is 5.75 Å². The Morgan fingerprint density at radius 3 is 2.64 bits per heavy atom. The molecule has 1 saturated heterocycles. The summed E-state index contributed by atoms with van der Waals surface area (Å²) in [5.74, 6) is 2.81. The van der Waals surface area contributed by atoms with Crippen molar-refractivity contribution in [2.45, 2.75) is 19.9 Å². The fourth-order valence-electron chi connectivity index (χ4n) is 3.46. The second kappa shape index (κ2) is 6.52. The molecule has 6 heteroatoms. The number of hydrogen-bond acceptors (Lipinski definition) is 6. The Labute approximate surface area is 151 Å². The maximum Gasteiger partial charge on any atom is 0.141 e. The van der Waals surface area contributed by atoms with E-state index in [-0.39, 0.29) is 0 Å². The number of piperazine rings is 1. The van der Waals surface area contributed by atoms with Crippen LogP contribution < -0.4 is 14.5 Å². The lowest BCUT2D eigenvalue weighted by atomic mass is 10.1. The minimum Gasteiger partial charge on any atom is -0.497 e. The third-order valence-electron chi connectivity index (χ3n) is 4.75. The first-order valence-electron chi connectivity index (χ1n) is 8.53. The van der Waals surface area contributed by atoms with E-state index in [4.69, 9.17) is 9.72 Å². The van der Waals surface area contributed by atoms with Crippen LogP contribution in [0.25, 0.3) is 10.2 Å². The molecule has 25 heavy (non-hydrogen) atoms. The number of benzene rings is 1. The smallest absolute Gasteiger partial charge is 0.141 e. The van der Waals surface area contributed by atoms with Crippen LogP contribution in [-0.2, 0) is 0 Å². The van der Waals surface area contributed by atoms with Crippen molar-refractivity contribution in [2.24, 2.45) is 0 Å². The van der Waals surface area contributed by atoms with Gasteiger partial charge in [-0.2, -0.15) is 0 Å². The van der Waals surface area contributed by atoms with Crippen molar-refractivity contribution in [3.05, 3.63) is 41.5 Å². The van der Waals surface area contributed by atoms with Gasteiger partial charge in [-0.05, 0) is 49.6 Å². The molecule has 4 rings (SSSR count). The summed E-state index contributed by atoms with van der Waals surface area (Å²) in [6.45, 7) is 7.15. The molecule has 0 spiro atoms. The highest BCUT2D eigenvalue weighted by Gasteiger charge is 2.26. The van der Waals surface area contributed by atoms with Crippen LogP contribution in [0.1, 0.15) is 12.7 Å². The number of thiophene rings is 1. The summed E-state index contributed by atoms with van der Waals surface area (Å²) in [4.78, 5) is 15.2. The Morgan fingerprint density at radius 1 is 1.12 bits per heavy atom. The number of aromatic nitrogens is 2. The highest BCUT2D eigenvalue weighted by Crippen LogP contribution is 2.31. The predicted molar refractivity (Wildman–Crippen MR) is 104 cm³/mol. The number of nitrogens with zero attached hydrogens (tertiary/aromatic N) is 4. The predicted octanol–water partition coefficient (Wildman–Crippen LogP) is 3.72. The lowest BCUT2D eigenvalue weighted by molar-refractivity contribution is 0.414. The first-order valence-corrected chi connectivity index (χ1v) is 9.41. The van der Waals surface area contributed by atoms with E-state index in [0.29, 0.717) is 6.04 Å². The molecule has 0 N–H and O–H groups in total. The number of anilines is 2. The number of aryl methyl sites for hydroxylation is 1. The van der Waals surface area contributed by atoms with Gasteiger partial charge in [-0.1, -0.05) is 0 Å². The van der Waals surface area contributed by atoms with Crippen LogP contribution in [0.5, 0.6) is 5.75 Å². The van der Waals surface area contributed by atoms with E-state index in [2.05, 4.69) is 45.3 Å². The van der Waals surface area contributed by atoms with E-state index < -0.39 is 0 Å². The maximum atomic E-state index is 5.26. The number of methoxy groups -OCH3 is 1. The Hall–Kier alpha value is -2.34. The van der Waals surface area contributed by atoms with Crippen LogP contribution in [0, 0.1) is 6.92 Å². The Kier molecular flexibility index (Phi) is 4.21. The van der Waals surface area contributed by atoms with Crippen LogP contribution in [-0.4, -0.2) is 42.8 Å². The highest BCUT2D eigenvalue weighted by molar-refractivity contribution is 7.16. The second-order valence-electron chi connectivity index (χ2n) is 6.42. The largest absolute Gasteiger partial charge is 0.497 e. The van der Waals surface area contributed by atoms with Gasteiger partial charge in [0.1, 0.15) is 22.2 Å². The van der Waals surface area contributed by atoms with Gasteiger partial charge in [0, 0.05) is 31.4 Å². The zero-order chi connectivity index (χ0) is 17.4. The Bertz CT molecular complexity index is 877. The normalized spacial score (nSPS) is 18.0. The van der Waals surface area contributed by atoms with Gasteiger partial charge < -0.3 is 14.5 Å². The monoisotopic (exact) mass is 354 g/mol. The van der Waals surface area contributed by atoms with E-state index in [9.17, 15) is 0 Å². The fraction of sp³-hybridized carbons (Fsp3) is 0.368. The van der Waals surface area contributed by atoms with E-state index >= 15 is 0 Å². The van der Waals surface area contributed by atoms with E-state index in [1.807, 2.05) is 19.1 Å². The molecule has 130 valence electrons. The number of fused-ring (bicyclic) bond motifs is 1. The van der Waals surface area contributed by atoms with Crippen LogP contribution in [0.15, 0.2) is 35.7 Å². The molecule has 0 bridgehead atoms. The fourth-order valence-corrected chi connectivity index (χ4v) is 4.27. The molecular weight excluding hydrogens is 332 g/mol. The van der Waals surface area contributed by atoms with Crippen LogP contribution in [0.3, 0.4) is 0 Å². The molecule has 3 aromatic rings. The van der Waals surface area contributed by atoms with E-state index in [1.54, 1.807) is 18.4 Å². The molecule has 5 nitrogen and oxygen atoms in total. The molecule has 1 aliphatic rings. The van der Waals surface area contributed by atoms with Crippen molar-refractivity contribution in [1.29, 1.82) is 0 Å². The molecular formula is C19H22N4OS. The molecule has 0 saturated carbocycles. The molecule has 1 atom stereocenters. The Morgan fingerprint density at radius 2 is 1.92 bits per heavy atom. The zero-order valence-corrected chi connectivity index (χ0v) is 15.6. The van der Waals surface area contributed by atoms with E-state index in [1.165, 1.54) is 11.1 Å². The lowest BCUT2D eigenvalue weighted by Crippen LogP contribution is -2.52. The molecule has 0 aliphatic carbocycles. The molecule has 3 heterocycles. The molecule has 2 aromatic heterocycles. The van der Waals surface area contributed by atoms with Gasteiger partial charge in [0.2, 0.25) is 0 Å². The van der Waals surface area contributed by atoms with Crippen molar-refractivity contribution in [3.63, 3.8) is 0 Å². The van der Waals surface area contributed by atoms with Gasteiger partial charge >= 0.3 is 0 Å². The Balaban J connectivity index is 1.57. The topological polar surface area (TPSA) is 41.5 Å². The van der Waals surface area contributed by atoms with Crippen LogP contribution in [0.4, 0.5) is 11.5 Å². The summed E-state index contributed by atoms with van der Waals surface area (Å²) >= 11 is 1.68. The number of hydrogen-bond donors (Lipinski definition) is 0. The number of rotatable bonds is 3. The molecule has 1 unspecified atom stereocenters. The van der Waals surface area contributed by atoms with E-state index in [0.717, 1.165) is 41.9 Å². The maximum absolute atomic E-state index is 5.26. The quantitative estimate of drug-likeness (QED) is 0.717. The minimum atomic E-state index is 0.383. The first-order chi connectivity index (χ1) is 12.2. The van der Waals surface area contributed by atoms with Crippen molar-refractivity contribution >= 4 is 33.1 Å². The summed E-state index contributed by atoms with van der Waals surface area (Å²) in [6.07, 6.45) is 0. The summed E-state index contributed by atoms with van der Waals surface area (Å²) in [5.41, 5.74) is 1.24. The molecule has 1 fully saturated rings. The van der Waals surface area contributed by atoms with Crippen molar-refractivity contribution in [2.75, 3.05) is 36.5 Å². The molecule has 1 aromatic carbocycles. The average molecular weight is 354 g/mol. The minimum absolute atomic E-state index is 0.383. The standard InChI is InChI=1S/C19H22N4OS/c1-13-12-22(15-4-6-16(24-3)7-5-15)9-10-23(13)18-17-8-11-25-19(17)21-14(2)20-18/h4-8,11,13H,9-10,12H2,1-3H3. The van der Waals surface area contributed by atoms with Gasteiger partial charge in [0.15, 0.2) is 0 Å². The van der Waals surface area contributed by atoms with Crippen LogP contribution in [0.2, 0.25) is 0 Å². The number of ether oxygens (including phenoxy) is 1. The second-order valence-corrected chi connectivity index (χ2v) is 7.31. The average Bonchev–Trinajstić information content (AvgIpc) is 3.09. The molecule has 1 aliphatic heterocycles. The highest BCUT2D eigenvalue weighted by atomic mass is 32.1.